The van der Waals surface area contributed by atoms with Crippen molar-refractivity contribution in [3.63, 3.8) is 0 Å². The van der Waals surface area contributed by atoms with Crippen LogP contribution < -0.4 is 9.47 Å². The smallest absolute Gasteiger partial charge is 0.343 e. The molecule has 0 saturated heterocycles. The first-order chi connectivity index (χ1) is 17.7. The summed E-state index contributed by atoms with van der Waals surface area (Å²) in [6.45, 7) is 0. The first kappa shape index (κ1) is 22.8. The molecule has 0 atom stereocenters. The van der Waals surface area contributed by atoms with Gasteiger partial charge in [0.15, 0.2) is 0 Å². The molecule has 0 heterocycles. The number of hydrogen-bond donors (Lipinski definition) is 0. The molecule has 0 aliphatic heterocycles. The van der Waals surface area contributed by atoms with Crippen LogP contribution in [-0.4, -0.2) is 11.9 Å². The molecule has 0 radical (unpaired) electrons. The van der Waals surface area contributed by atoms with Gasteiger partial charge in [-0.2, -0.15) is 0 Å². The molecule has 0 aromatic heterocycles. The maximum absolute atomic E-state index is 12.7. The molecule has 0 unspecified atom stereocenters. The Morgan fingerprint density at radius 2 is 0.750 bits per heavy atom. The van der Waals surface area contributed by atoms with Crippen LogP contribution in [0.25, 0.3) is 22.3 Å². The maximum Gasteiger partial charge on any atom is 0.343 e. The normalized spacial score (nSPS) is 10.4. The van der Waals surface area contributed by atoms with Crippen molar-refractivity contribution in [1.29, 1.82) is 0 Å². The Hall–Kier alpha value is -4.96. The molecule has 4 heteroatoms. The Balaban J connectivity index is 1.25. The van der Waals surface area contributed by atoms with E-state index in [2.05, 4.69) is 0 Å². The number of benzene rings is 5. The van der Waals surface area contributed by atoms with Gasteiger partial charge < -0.3 is 9.47 Å². The van der Waals surface area contributed by atoms with Crippen LogP contribution in [0.4, 0.5) is 0 Å². The lowest BCUT2D eigenvalue weighted by Crippen LogP contribution is -2.11. The number of hydrogen-bond acceptors (Lipinski definition) is 4. The summed E-state index contributed by atoms with van der Waals surface area (Å²) in [5, 5.41) is 0. The minimum atomic E-state index is -0.504. The number of carbonyl (C=O) groups excluding carboxylic acids is 2. The van der Waals surface area contributed by atoms with Crippen molar-refractivity contribution in [2.24, 2.45) is 0 Å². The standard InChI is InChI=1S/C32H22O4/c33-31(35-29-15-7-13-27(21-29)23-9-3-1-4-10-23)25-17-19-26(20-18-25)32(34)36-30-16-8-14-28(22-30)24-11-5-2-6-12-24/h1-22H. The Morgan fingerprint density at radius 1 is 0.389 bits per heavy atom. The van der Waals surface area contributed by atoms with Crippen molar-refractivity contribution in [3.8, 4) is 33.8 Å². The van der Waals surface area contributed by atoms with E-state index in [1.54, 1.807) is 36.4 Å². The molecule has 0 saturated carbocycles. The second-order valence-electron chi connectivity index (χ2n) is 8.14. The van der Waals surface area contributed by atoms with Gasteiger partial charge in [0.25, 0.3) is 0 Å². The topological polar surface area (TPSA) is 52.6 Å². The van der Waals surface area contributed by atoms with Crippen LogP contribution in [0.5, 0.6) is 11.5 Å². The molecule has 5 aromatic carbocycles. The second-order valence-corrected chi connectivity index (χ2v) is 8.14. The van der Waals surface area contributed by atoms with Crippen LogP contribution in [0.1, 0.15) is 20.7 Å². The second kappa shape index (κ2) is 10.5. The molecule has 0 amide bonds. The lowest BCUT2D eigenvalue weighted by atomic mass is 10.1. The highest BCUT2D eigenvalue weighted by Gasteiger charge is 2.13. The molecule has 0 N–H and O–H groups in total. The Morgan fingerprint density at radius 3 is 1.14 bits per heavy atom. The van der Waals surface area contributed by atoms with E-state index in [9.17, 15) is 9.59 Å². The van der Waals surface area contributed by atoms with E-state index in [1.165, 1.54) is 0 Å². The summed E-state index contributed by atoms with van der Waals surface area (Å²) in [6.07, 6.45) is 0. The number of ether oxygens (including phenoxy) is 2. The van der Waals surface area contributed by atoms with Gasteiger partial charge in [-0.1, -0.05) is 84.9 Å². The predicted molar refractivity (Wildman–Crippen MR) is 140 cm³/mol. The molecule has 5 rings (SSSR count). The Bertz CT molecular complexity index is 1370. The summed E-state index contributed by atoms with van der Waals surface area (Å²) < 4.78 is 11.1. The molecule has 36 heavy (non-hydrogen) atoms. The van der Waals surface area contributed by atoms with Crippen molar-refractivity contribution in [3.05, 3.63) is 145 Å². The maximum atomic E-state index is 12.7. The van der Waals surface area contributed by atoms with Gasteiger partial charge in [0.1, 0.15) is 11.5 Å². The third kappa shape index (κ3) is 5.40. The van der Waals surface area contributed by atoms with Crippen molar-refractivity contribution < 1.29 is 19.1 Å². The quantitative estimate of drug-likeness (QED) is 0.191. The van der Waals surface area contributed by atoms with E-state index in [1.807, 2.05) is 97.1 Å². The molecule has 174 valence electrons. The van der Waals surface area contributed by atoms with Gasteiger partial charge in [0, 0.05) is 0 Å². The van der Waals surface area contributed by atoms with Gasteiger partial charge in [-0.15, -0.1) is 0 Å². The van der Waals surface area contributed by atoms with E-state index >= 15 is 0 Å². The lowest BCUT2D eigenvalue weighted by Gasteiger charge is -2.09. The summed E-state index contributed by atoms with van der Waals surface area (Å²) in [7, 11) is 0. The van der Waals surface area contributed by atoms with Gasteiger partial charge in [-0.25, -0.2) is 9.59 Å². The first-order valence-corrected chi connectivity index (χ1v) is 11.5. The van der Waals surface area contributed by atoms with Crippen LogP contribution in [0.3, 0.4) is 0 Å². The Labute approximate surface area is 209 Å². The van der Waals surface area contributed by atoms with Crippen molar-refractivity contribution in [2.45, 2.75) is 0 Å². The summed E-state index contributed by atoms with van der Waals surface area (Å²) in [5.41, 5.74) is 4.65. The van der Waals surface area contributed by atoms with Crippen LogP contribution in [0, 0.1) is 0 Å². The highest BCUT2D eigenvalue weighted by atomic mass is 16.5. The summed E-state index contributed by atoms with van der Waals surface area (Å²) in [5.74, 6) is -0.113. The lowest BCUT2D eigenvalue weighted by molar-refractivity contribution is 0.0720. The average molecular weight is 471 g/mol. The van der Waals surface area contributed by atoms with Gasteiger partial charge in [-0.05, 0) is 70.8 Å². The zero-order valence-electron chi connectivity index (χ0n) is 19.3. The summed E-state index contributed by atoms with van der Waals surface area (Å²) in [6, 6.07) is 40.7. The zero-order valence-corrected chi connectivity index (χ0v) is 19.3. The molecule has 0 aliphatic carbocycles. The van der Waals surface area contributed by atoms with Crippen molar-refractivity contribution in [2.75, 3.05) is 0 Å². The fourth-order valence-corrected chi connectivity index (χ4v) is 3.81. The van der Waals surface area contributed by atoms with Crippen molar-refractivity contribution >= 4 is 11.9 Å². The van der Waals surface area contributed by atoms with E-state index in [0.29, 0.717) is 22.6 Å². The van der Waals surface area contributed by atoms with Crippen molar-refractivity contribution in [1.82, 2.24) is 0 Å². The van der Waals surface area contributed by atoms with Crippen LogP contribution in [0.2, 0.25) is 0 Å². The molecule has 0 fully saturated rings. The van der Waals surface area contributed by atoms with Crippen LogP contribution in [0.15, 0.2) is 133 Å². The van der Waals surface area contributed by atoms with Gasteiger partial charge >= 0.3 is 11.9 Å². The summed E-state index contributed by atoms with van der Waals surface area (Å²) >= 11 is 0. The van der Waals surface area contributed by atoms with E-state index in [-0.39, 0.29) is 0 Å². The fraction of sp³-hybridized carbons (Fsp3) is 0. The van der Waals surface area contributed by atoms with Gasteiger partial charge in [0.05, 0.1) is 11.1 Å². The first-order valence-electron chi connectivity index (χ1n) is 11.5. The van der Waals surface area contributed by atoms with Crippen LogP contribution in [-0.2, 0) is 0 Å². The van der Waals surface area contributed by atoms with Crippen LogP contribution >= 0.6 is 0 Å². The van der Waals surface area contributed by atoms with E-state index in [4.69, 9.17) is 9.47 Å². The third-order valence-corrected chi connectivity index (χ3v) is 5.66. The number of rotatable bonds is 6. The van der Waals surface area contributed by atoms with Gasteiger partial charge in [-0.3, -0.25) is 0 Å². The minimum absolute atomic E-state index is 0.336. The molecule has 0 aliphatic rings. The predicted octanol–water partition coefficient (Wildman–Crippen LogP) is 7.46. The molecule has 0 bridgehead atoms. The largest absolute Gasteiger partial charge is 0.423 e. The molecule has 5 aromatic rings. The molecular weight excluding hydrogens is 448 g/mol. The SMILES string of the molecule is O=C(Oc1cccc(-c2ccccc2)c1)c1ccc(C(=O)Oc2cccc(-c3ccccc3)c2)cc1. The number of esters is 2. The molecule has 0 spiro atoms. The molecule has 4 nitrogen and oxygen atoms in total. The fourth-order valence-electron chi connectivity index (χ4n) is 3.81. The monoisotopic (exact) mass is 470 g/mol. The summed E-state index contributed by atoms with van der Waals surface area (Å²) in [4.78, 5) is 25.3. The highest BCUT2D eigenvalue weighted by Crippen LogP contribution is 2.25. The number of carbonyl (C=O) groups is 2. The third-order valence-electron chi connectivity index (χ3n) is 5.66. The van der Waals surface area contributed by atoms with E-state index < -0.39 is 11.9 Å². The zero-order chi connectivity index (χ0) is 24.7. The minimum Gasteiger partial charge on any atom is -0.423 e. The average Bonchev–Trinajstić information content (AvgIpc) is 2.94. The van der Waals surface area contributed by atoms with Gasteiger partial charge in [0.2, 0.25) is 0 Å². The highest BCUT2D eigenvalue weighted by molar-refractivity contribution is 5.95. The van der Waals surface area contributed by atoms with E-state index in [0.717, 1.165) is 22.3 Å². The molecular formula is C32H22O4. The Kier molecular flexibility index (Phi) is 6.68.